The highest BCUT2D eigenvalue weighted by molar-refractivity contribution is 7.85. The highest BCUT2D eigenvalue weighted by Crippen LogP contribution is 2.32. The van der Waals surface area contributed by atoms with Gasteiger partial charge in [0, 0.05) is 22.0 Å². The maximum absolute atomic E-state index is 12.8. The second kappa shape index (κ2) is 7.45. The van der Waals surface area contributed by atoms with Crippen molar-refractivity contribution in [2.45, 2.75) is 16.2 Å². The summed E-state index contributed by atoms with van der Waals surface area (Å²) in [7, 11) is -1.56. The Morgan fingerprint density at radius 3 is 2.46 bits per heavy atom. The molecule has 3 rings (SSSR count). The summed E-state index contributed by atoms with van der Waals surface area (Å²) in [5, 5.41) is 10.8. The molecule has 1 heterocycles. The number of aromatic amines is 1. The van der Waals surface area contributed by atoms with Gasteiger partial charge in [-0.05, 0) is 42.0 Å². The van der Waals surface area contributed by atoms with Crippen LogP contribution in [0.5, 0.6) is 0 Å². The van der Waals surface area contributed by atoms with Crippen LogP contribution in [-0.2, 0) is 17.2 Å². The van der Waals surface area contributed by atoms with E-state index in [9.17, 15) is 9.00 Å². The van der Waals surface area contributed by atoms with Gasteiger partial charge in [0.05, 0.1) is 26.4 Å². The first-order chi connectivity index (χ1) is 12.4. The van der Waals surface area contributed by atoms with Crippen LogP contribution < -0.4 is 11.5 Å². The molecule has 1 amide bonds. The number of benzene rings is 2. The van der Waals surface area contributed by atoms with Crippen molar-refractivity contribution in [1.29, 1.82) is 0 Å². The third-order valence-electron chi connectivity index (χ3n) is 3.57. The van der Waals surface area contributed by atoms with Crippen molar-refractivity contribution < 1.29 is 9.00 Å². The number of primary amides is 1. The standard InChI is InChI=1S/C16H13Cl2N5O2S/c17-9-1-3-10(4-2-9)26(25)15-11(18)5-8(6-12(15)19)7-13-14(16(20)24)22-23-21-13/h1-6H,7,19H2,(H2,20,24)(H,21,22,23). The molecule has 0 aliphatic carbocycles. The van der Waals surface area contributed by atoms with Gasteiger partial charge in [0.1, 0.15) is 0 Å². The number of nitrogens with one attached hydrogen (secondary N) is 1. The number of nitrogen functional groups attached to an aromatic ring is 1. The second-order valence-corrected chi connectivity index (χ2v) is 7.64. The van der Waals surface area contributed by atoms with E-state index in [1.54, 1.807) is 36.4 Å². The molecule has 10 heteroatoms. The Hall–Kier alpha value is -2.42. The van der Waals surface area contributed by atoms with E-state index in [0.29, 0.717) is 26.1 Å². The molecule has 2 aromatic carbocycles. The van der Waals surface area contributed by atoms with E-state index in [4.69, 9.17) is 34.7 Å². The van der Waals surface area contributed by atoms with Crippen LogP contribution in [0.4, 0.5) is 5.69 Å². The van der Waals surface area contributed by atoms with Gasteiger partial charge in [-0.2, -0.15) is 15.4 Å². The van der Waals surface area contributed by atoms with Crippen molar-refractivity contribution in [3.63, 3.8) is 0 Å². The van der Waals surface area contributed by atoms with Gasteiger partial charge in [-0.15, -0.1) is 0 Å². The number of anilines is 1. The zero-order valence-electron chi connectivity index (χ0n) is 13.2. The summed E-state index contributed by atoms with van der Waals surface area (Å²) in [6, 6.07) is 9.84. The van der Waals surface area contributed by atoms with Gasteiger partial charge in [-0.25, -0.2) is 4.21 Å². The highest BCUT2D eigenvalue weighted by atomic mass is 35.5. The van der Waals surface area contributed by atoms with Crippen LogP contribution >= 0.6 is 23.2 Å². The molecule has 0 saturated heterocycles. The zero-order chi connectivity index (χ0) is 18.8. The predicted octanol–water partition coefficient (Wildman–Crippen LogP) is 2.55. The first-order valence-electron chi connectivity index (χ1n) is 7.31. The average molecular weight is 410 g/mol. The van der Waals surface area contributed by atoms with E-state index in [-0.39, 0.29) is 22.8 Å². The second-order valence-electron chi connectivity index (χ2n) is 5.38. The molecule has 0 saturated carbocycles. The SMILES string of the molecule is NC(=O)c1n[nH]nc1Cc1cc(N)c(S(=O)c2ccc(Cl)cc2)c(Cl)c1. The van der Waals surface area contributed by atoms with Gasteiger partial charge in [0.15, 0.2) is 5.69 Å². The Balaban J connectivity index is 1.93. The van der Waals surface area contributed by atoms with Crippen molar-refractivity contribution in [3.8, 4) is 0 Å². The number of carbonyl (C=O) groups is 1. The molecule has 7 nitrogen and oxygen atoms in total. The summed E-state index contributed by atoms with van der Waals surface area (Å²) in [6.45, 7) is 0. The van der Waals surface area contributed by atoms with Gasteiger partial charge < -0.3 is 11.5 Å². The van der Waals surface area contributed by atoms with Crippen LogP contribution in [0.3, 0.4) is 0 Å². The average Bonchev–Trinajstić information content (AvgIpc) is 3.03. The number of halogens is 2. The first-order valence-corrected chi connectivity index (χ1v) is 9.22. The maximum atomic E-state index is 12.8. The van der Waals surface area contributed by atoms with Crippen LogP contribution in [0, 0.1) is 0 Å². The van der Waals surface area contributed by atoms with Gasteiger partial charge in [-0.1, -0.05) is 23.2 Å². The number of rotatable bonds is 5. The molecule has 0 aliphatic heterocycles. The fourth-order valence-electron chi connectivity index (χ4n) is 2.41. The van der Waals surface area contributed by atoms with E-state index >= 15 is 0 Å². The number of hydrogen-bond acceptors (Lipinski definition) is 5. The van der Waals surface area contributed by atoms with E-state index < -0.39 is 16.7 Å². The molecule has 1 unspecified atom stereocenters. The number of nitrogens with two attached hydrogens (primary N) is 2. The Morgan fingerprint density at radius 2 is 1.85 bits per heavy atom. The summed E-state index contributed by atoms with van der Waals surface area (Å²) in [6.07, 6.45) is 0.243. The van der Waals surface area contributed by atoms with Crippen molar-refractivity contribution in [2.24, 2.45) is 5.73 Å². The minimum absolute atomic E-state index is 0.0495. The largest absolute Gasteiger partial charge is 0.398 e. The van der Waals surface area contributed by atoms with Crippen LogP contribution in [-0.4, -0.2) is 25.5 Å². The summed E-state index contributed by atoms with van der Waals surface area (Å²) in [4.78, 5) is 12.2. The Morgan fingerprint density at radius 1 is 1.15 bits per heavy atom. The lowest BCUT2D eigenvalue weighted by atomic mass is 10.1. The first kappa shape index (κ1) is 18.4. The monoisotopic (exact) mass is 409 g/mol. The summed E-state index contributed by atoms with van der Waals surface area (Å²) in [5.74, 6) is -0.687. The molecule has 0 fully saturated rings. The van der Waals surface area contributed by atoms with E-state index in [2.05, 4.69) is 15.4 Å². The summed E-state index contributed by atoms with van der Waals surface area (Å²) >= 11 is 12.2. The maximum Gasteiger partial charge on any atom is 0.271 e. The zero-order valence-corrected chi connectivity index (χ0v) is 15.5. The molecule has 0 spiro atoms. The van der Waals surface area contributed by atoms with Gasteiger partial charge >= 0.3 is 0 Å². The number of H-pyrrole nitrogens is 1. The molecule has 1 atom stereocenters. The smallest absolute Gasteiger partial charge is 0.271 e. The number of nitrogens with zero attached hydrogens (tertiary/aromatic N) is 2. The van der Waals surface area contributed by atoms with E-state index in [1.165, 1.54) is 0 Å². The lowest BCUT2D eigenvalue weighted by Crippen LogP contribution is -2.14. The van der Waals surface area contributed by atoms with Crippen molar-refractivity contribution >= 4 is 45.6 Å². The topological polar surface area (TPSA) is 128 Å². The summed E-state index contributed by atoms with van der Waals surface area (Å²) in [5.41, 5.74) is 12.7. The van der Waals surface area contributed by atoms with Crippen LogP contribution in [0.1, 0.15) is 21.7 Å². The van der Waals surface area contributed by atoms with Gasteiger partial charge in [0.2, 0.25) is 0 Å². The quantitative estimate of drug-likeness (QED) is 0.557. The minimum Gasteiger partial charge on any atom is -0.398 e. The van der Waals surface area contributed by atoms with Crippen LogP contribution in [0.15, 0.2) is 46.2 Å². The Labute approximate surface area is 161 Å². The van der Waals surface area contributed by atoms with E-state index in [0.717, 1.165) is 0 Å². The molecule has 5 N–H and O–H groups in total. The molecule has 3 aromatic rings. The normalized spacial score (nSPS) is 12.1. The summed E-state index contributed by atoms with van der Waals surface area (Å²) < 4.78 is 12.8. The van der Waals surface area contributed by atoms with Crippen molar-refractivity contribution in [3.05, 3.63) is 63.4 Å². The highest BCUT2D eigenvalue weighted by Gasteiger charge is 2.18. The van der Waals surface area contributed by atoms with Crippen LogP contribution in [0.2, 0.25) is 10.0 Å². The third-order valence-corrected chi connectivity index (χ3v) is 5.76. The fraction of sp³-hybridized carbons (Fsp3) is 0.0625. The number of carbonyl (C=O) groups excluding carboxylic acids is 1. The van der Waals surface area contributed by atoms with Gasteiger partial charge in [-0.3, -0.25) is 4.79 Å². The number of hydrogen-bond donors (Lipinski definition) is 3. The molecule has 1 aromatic heterocycles. The molecular formula is C16H13Cl2N5O2S. The molecule has 0 bridgehead atoms. The van der Waals surface area contributed by atoms with Gasteiger partial charge in [0.25, 0.3) is 5.91 Å². The van der Waals surface area contributed by atoms with Crippen molar-refractivity contribution in [1.82, 2.24) is 15.4 Å². The molecule has 26 heavy (non-hydrogen) atoms. The number of amides is 1. The Kier molecular flexibility index (Phi) is 5.26. The molecular weight excluding hydrogens is 397 g/mol. The number of aromatic nitrogens is 3. The van der Waals surface area contributed by atoms with Crippen molar-refractivity contribution in [2.75, 3.05) is 5.73 Å². The predicted molar refractivity (Wildman–Crippen MR) is 99.7 cm³/mol. The Bertz CT molecular complexity index is 981. The third kappa shape index (κ3) is 3.72. The lowest BCUT2D eigenvalue weighted by Gasteiger charge is -2.11. The molecule has 0 aliphatic rings. The minimum atomic E-state index is -1.56. The fourth-order valence-corrected chi connectivity index (χ4v) is 4.13. The molecule has 0 radical (unpaired) electrons. The lowest BCUT2D eigenvalue weighted by molar-refractivity contribution is 0.0994. The van der Waals surface area contributed by atoms with E-state index in [1.807, 2.05) is 0 Å². The molecule has 134 valence electrons. The van der Waals surface area contributed by atoms with Crippen LogP contribution in [0.25, 0.3) is 0 Å².